The number of hydrogen-bond donors (Lipinski definition) is 3. The Hall–Kier alpha value is -3.74. The van der Waals surface area contributed by atoms with Gasteiger partial charge in [0.1, 0.15) is 46.5 Å². The van der Waals surface area contributed by atoms with Crippen molar-refractivity contribution in [3.8, 4) is 17.0 Å². The minimum absolute atomic E-state index is 0.0349. The molecule has 3 aromatic rings. The van der Waals surface area contributed by atoms with Crippen LogP contribution in [-0.4, -0.2) is 72.0 Å². The Kier molecular flexibility index (Phi) is 8.25. The number of carbonyl (C=O) groups excluding carboxylic acids is 1. The van der Waals surface area contributed by atoms with Crippen LogP contribution in [0.15, 0.2) is 30.5 Å². The maximum absolute atomic E-state index is 15.2. The molecule has 4 N–H and O–H groups in total. The summed E-state index contributed by atoms with van der Waals surface area (Å²) in [5.41, 5.74) is 7.23. The average Bonchev–Trinajstić information content (AvgIpc) is 3.45. The summed E-state index contributed by atoms with van der Waals surface area (Å²) in [5, 5.41) is 13.7. The van der Waals surface area contributed by atoms with Gasteiger partial charge in [-0.2, -0.15) is 0 Å². The fourth-order valence-corrected chi connectivity index (χ4v) is 6.18. The van der Waals surface area contributed by atoms with Crippen LogP contribution >= 0.6 is 0 Å². The average molecular weight is 598 g/mol. The summed E-state index contributed by atoms with van der Waals surface area (Å²) in [6.45, 7) is 4.48. The third-order valence-corrected chi connectivity index (χ3v) is 8.33. The second kappa shape index (κ2) is 12.1. The summed E-state index contributed by atoms with van der Waals surface area (Å²) < 4.78 is 56.3. The fourth-order valence-electron chi connectivity index (χ4n) is 6.18. The number of ether oxygens (including phenoxy) is 2. The Bertz CT molecular complexity index is 1500. The van der Waals surface area contributed by atoms with E-state index in [0.29, 0.717) is 51.3 Å². The Balaban J connectivity index is 1.28. The molecule has 9 nitrogen and oxygen atoms in total. The van der Waals surface area contributed by atoms with Crippen molar-refractivity contribution in [2.75, 3.05) is 43.1 Å². The van der Waals surface area contributed by atoms with E-state index in [1.165, 1.54) is 6.07 Å². The predicted molar refractivity (Wildman–Crippen MR) is 154 cm³/mol. The van der Waals surface area contributed by atoms with Gasteiger partial charge >= 0.3 is 0 Å². The van der Waals surface area contributed by atoms with Gasteiger partial charge in [0.25, 0.3) is 0 Å². The van der Waals surface area contributed by atoms with Gasteiger partial charge in [0, 0.05) is 79.8 Å². The van der Waals surface area contributed by atoms with E-state index in [1.807, 2.05) is 6.92 Å². The number of nitrogens with zero attached hydrogens (tertiary/aromatic N) is 3. The molecule has 43 heavy (non-hydrogen) atoms. The smallest absolute Gasteiger partial charge is 0.185 e. The summed E-state index contributed by atoms with van der Waals surface area (Å²) in [7, 11) is 0. The lowest BCUT2D eigenvalue weighted by Gasteiger charge is -2.41. The maximum Gasteiger partial charge on any atom is 0.185 e. The summed E-state index contributed by atoms with van der Waals surface area (Å²) >= 11 is 0. The quantitative estimate of drug-likeness (QED) is 0.350. The molecule has 6 rings (SSSR count). The zero-order chi connectivity index (χ0) is 30.2. The molecule has 0 aliphatic carbocycles. The number of carbonyl (C=O) groups is 1. The van der Waals surface area contributed by atoms with Crippen molar-refractivity contribution in [1.29, 1.82) is 0 Å². The molecule has 1 unspecified atom stereocenters. The zero-order valence-corrected chi connectivity index (χ0v) is 23.8. The highest BCUT2D eigenvalue weighted by Gasteiger charge is 2.34. The van der Waals surface area contributed by atoms with Crippen LogP contribution in [0.25, 0.3) is 11.3 Å². The van der Waals surface area contributed by atoms with Gasteiger partial charge in [-0.1, -0.05) is 6.92 Å². The van der Waals surface area contributed by atoms with Crippen molar-refractivity contribution in [2.45, 2.75) is 50.9 Å². The summed E-state index contributed by atoms with van der Waals surface area (Å²) in [4.78, 5) is 24.2. The van der Waals surface area contributed by atoms with Gasteiger partial charge in [-0.05, 0) is 31.4 Å². The number of hydrogen-bond acceptors (Lipinski definition) is 9. The number of fused-ring (bicyclic) bond motifs is 1. The number of Topliss-reactive ketones (excluding diaryl/α,β-unsaturated/α-hetero) is 1. The van der Waals surface area contributed by atoms with Crippen molar-refractivity contribution < 1.29 is 32.5 Å². The molecule has 1 aromatic carbocycles. The Morgan fingerprint density at radius 1 is 1.21 bits per heavy atom. The number of benzene rings is 1. The van der Waals surface area contributed by atoms with Gasteiger partial charge in [-0.3, -0.25) is 4.79 Å². The number of ketones is 1. The van der Waals surface area contributed by atoms with Crippen LogP contribution in [-0.2, 0) is 17.6 Å². The lowest BCUT2D eigenvalue weighted by molar-refractivity contribution is 0.00720. The van der Waals surface area contributed by atoms with E-state index in [2.05, 4.69) is 20.2 Å². The Morgan fingerprint density at radius 3 is 2.72 bits per heavy atom. The van der Waals surface area contributed by atoms with E-state index >= 15 is 8.78 Å². The minimum atomic E-state index is -1.06. The number of aromatic nitrogens is 2. The number of piperidine rings is 1. The van der Waals surface area contributed by atoms with E-state index in [9.17, 15) is 14.3 Å². The number of aliphatic hydroxyl groups is 1. The highest BCUT2D eigenvalue weighted by molar-refractivity contribution is 5.97. The fraction of sp³-hybridized carbons (Fsp3) is 0.452. The molecule has 4 atom stereocenters. The van der Waals surface area contributed by atoms with Crippen LogP contribution in [0.1, 0.15) is 41.4 Å². The molecule has 3 aliphatic heterocycles. The van der Waals surface area contributed by atoms with E-state index < -0.39 is 46.6 Å². The topological polar surface area (TPSA) is 123 Å². The van der Waals surface area contributed by atoms with Crippen molar-refractivity contribution in [3.63, 3.8) is 0 Å². The van der Waals surface area contributed by atoms with Gasteiger partial charge in [0.05, 0.1) is 18.3 Å². The van der Waals surface area contributed by atoms with E-state index in [0.717, 1.165) is 41.7 Å². The molecule has 0 saturated carbocycles. The van der Waals surface area contributed by atoms with Crippen LogP contribution in [0.2, 0.25) is 0 Å². The maximum atomic E-state index is 15.2. The second-order valence-corrected chi connectivity index (χ2v) is 11.5. The molecule has 0 radical (unpaired) electrons. The van der Waals surface area contributed by atoms with Crippen molar-refractivity contribution >= 4 is 17.3 Å². The third-order valence-electron chi connectivity index (χ3n) is 8.33. The zero-order valence-electron chi connectivity index (χ0n) is 23.8. The molecule has 2 saturated heterocycles. The van der Waals surface area contributed by atoms with Crippen molar-refractivity contribution in [3.05, 3.63) is 64.7 Å². The summed E-state index contributed by atoms with van der Waals surface area (Å²) in [6.07, 6.45) is 2.68. The molecule has 12 heteroatoms. The van der Waals surface area contributed by atoms with Gasteiger partial charge < -0.3 is 30.5 Å². The number of halogens is 3. The number of rotatable bonds is 7. The van der Waals surface area contributed by atoms with Gasteiger partial charge in [0.2, 0.25) is 0 Å². The predicted octanol–water partition coefficient (Wildman–Crippen LogP) is 3.66. The van der Waals surface area contributed by atoms with Crippen LogP contribution in [0, 0.1) is 23.4 Å². The minimum Gasteiger partial charge on any atom is -0.488 e. The molecule has 228 valence electrons. The molecular formula is C31H34F3N5O4. The first kappa shape index (κ1) is 29.3. The second-order valence-electron chi connectivity index (χ2n) is 11.5. The molecular weight excluding hydrogens is 563 g/mol. The lowest BCUT2D eigenvalue weighted by Crippen LogP contribution is -2.56. The first-order valence-corrected chi connectivity index (χ1v) is 14.6. The monoisotopic (exact) mass is 597 g/mol. The van der Waals surface area contributed by atoms with Crippen molar-refractivity contribution in [2.24, 2.45) is 11.7 Å². The largest absolute Gasteiger partial charge is 0.488 e. The molecule has 2 fully saturated rings. The Morgan fingerprint density at radius 2 is 2.00 bits per heavy atom. The van der Waals surface area contributed by atoms with Crippen LogP contribution < -0.4 is 20.7 Å². The Labute approximate surface area is 247 Å². The molecule has 0 bridgehead atoms. The van der Waals surface area contributed by atoms with E-state index in [1.54, 1.807) is 6.20 Å². The first-order valence-electron chi connectivity index (χ1n) is 14.6. The SMILES string of the molecule is C[C@H]1CN(c2c(CC(=O)c3ccc(F)c(-c4c(F)cc(OC5CCCOC5)cc4F)n3)cnc3c2CCN3)C[C@@H](N)[C@@H]1O. The molecule has 3 aliphatic rings. The van der Waals surface area contributed by atoms with E-state index in [-0.39, 0.29) is 29.9 Å². The number of pyridine rings is 2. The van der Waals surface area contributed by atoms with E-state index in [4.69, 9.17) is 15.2 Å². The van der Waals surface area contributed by atoms with Crippen LogP contribution in [0.3, 0.4) is 0 Å². The van der Waals surface area contributed by atoms with Crippen LogP contribution in [0.4, 0.5) is 24.7 Å². The summed E-state index contributed by atoms with van der Waals surface area (Å²) in [5.74, 6) is -2.95. The van der Waals surface area contributed by atoms with Gasteiger partial charge in [-0.15, -0.1) is 0 Å². The molecule has 0 amide bonds. The van der Waals surface area contributed by atoms with Crippen molar-refractivity contribution in [1.82, 2.24) is 9.97 Å². The third kappa shape index (κ3) is 5.91. The lowest BCUT2D eigenvalue weighted by atomic mass is 9.91. The molecule has 2 aromatic heterocycles. The highest BCUT2D eigenvalue weighted by Crippen LogP contribution is 2.37. The van der Waals surface area contributed by atoms with Gasteiger partial charge in [-0.25, -0.2) is 23.1 Å². The highest BCUT2D eigenvalue weighted by atomic mass is 19.1. The number of anilines is 2. The number of nitrogens with two attached hydrogens (primary N) is 1. The standard InChI is InChI=1S/C31H34F3N5O4/c1-16-13-39(14-24(35)30(16)41)29-17(12-37-31-20(29)6-7-36-31)9-26(40)25-5-4-21(32)28(38-25)27-22(33)10-19(11-23(27)34)43-18-3-2-8-42-15-18/h4-5,10-12,16,18,24,30,41H,2-3,6-9,13-15,35H2,1H3,(H,36,37)/t16-,18?,24+,30+/m0/s1. The summed E-state index contributed by atoms with van der Waals surface area (Å²) in [6, 6.07) is 3.69. The van der Waals surface area contributed by atoms with Gasteiger partial charge in [0.15, 0.2) is 5.78 Å². The van der Waals surface area contributed by atoms with Crippen LogP contribution in [0.5, 0.6) is 5.75 Å². The number of aliphatic hydroxyl groups excluding tert-OH is 1. The number of nitrogens with one attached hydrogen (secondary N) is 1. The normalized spacial score (nSPS) is 23.5. The first-order chi connectivity index (χ1) is 20.7. The molecule has 5 heterocycles. The molecule has 0 spiro atoms.